The molecule has 1 unspecified atom stereocenters. The molecule has 0 aromatic carbocycles. The maximum atomic E-state index is 12.7. The van der Waals surface area contributed by atoms with Crippen LogP contribution >= 0.6 is 0 Å². The molecule has 5 nitrogen and oxygen atoms in total. The largest absolute Gasteiger partial charge is 0.481 e. The van der Waals surface area contributed by atoms with Crippen molar-refractivity contribution in [3.63, 3.8) is 0 Å². The minimum atomic E-state index is -0.882. The van der Waals surface area contributed by atoms with Crippen molar-refractivity contribution in [2.75, 3.05) is 19.6 Å². The van der Waals surface area contributed by atoms with Crippen molar-refractivity contribution in [1.82, 2.24) is 9.80 Å². The van der Waals surface area contributed by atoms with Gasteiger partial charge in [-0.25, -0.2) is 0 Å². The van der Waals surface area contributed by atoms with Gasteiger partial charge in [0.25, 0.3) is 0 Å². The number of allylic oxidation sites excluding steroid dienone is 1. The van der Waals surface area contributed by atoms with Crippen LogP contribution in [0.25, 0.3) is 0 Å². The smallest absolute Gasteiger partial charge is 0.305 e. The SMILES string of the molecule is C=CCCCN1CCN(C2CCCCC2)C(CC(=O)O)C1=O. The summed E-state index contributed by atoms with van der Waals surface area (Å²) in [4.78, 5) is 27.9. The van der Waals surface area contributed by atoms with Crippen molar-refractivity contribution in [3.8, 4) is 0 Å². The molecule has 5 heteroatoms. The molecule has 2 aliphatic rings. The molecule has 1 aliphatic heterocycles. The second-order valence-corrected chi connectivity index (χ2v) is 6.40. The topological polar surface area (TPSA) is 60.9 Å². The molecule has 2 rings (SSSR count). The van der Waals surface area contributed by atoms with Gasteiger partial charge in [-0.05, 0) is 25.7 Å². The molecule has 22 heavy (non-hydrogen) atoms. The van der Waals surface area contributed by atoms with E-state index in [9.17, 15) is 14.7 Å². The van der Waals surface area contributed by atoms with E-state index in [1.807, 2.05) is 11.0 Å². The Hall–Kier alpha value is -1.36. The Morgan fingerprint density at radius 3 is 2.64 bits per heavy atom. The van der Waals surface area contributed by atoms with Crippen molar-refractivity contribution in [1.29, 1.82) is 0 Å². The first-order chi connectivity index (χ1) is 10.6. The summed E-state index contributed by atoms with van der Waals surface area (Å²) in [6.07, 6.45) is 9.41. The summed E-state index contributed by atoms with van der Waals surface area (Å²) in [6.45, 7) is 5.94. The standard InChI is InChI=1S/C17H28N2O3/c1-2-3-7-10-18-11-12-19(14-8-5-4-6-9-14)15(17(18)22)13-16(20)21/h2,14-15H,1,3-13H2,(H,20,21). The highest BCUT2D eigenvalue weighted by atomic mass is 16.4. The number of piperazine rings is 1. The zero-order valence-electron chi connectivity index (χ0n) is 13.4. The van der Waals surface area contributed by atoms with Crippen LogP contribution in [-0.2, 0) is 9.59 Å². The normalized spacial score (nSPS) is 24.5. The fourth-order valence-electron chi connectivity index (χ4n) is 3.72. The van der Waals surface area contributed by atoms with E-state index in [1.165, 1.54) is 19.3 Å². The summed E-state index contributed by atoms with van der Waals surface area (Å²) in [5.74, 6) is -0.879. The Balaban J connectivity index is 2.03. The number of carbonyl (C=O) groups is 2. The van der Waals surface area contributed by atoms with Crippen molar-refractivity contribution in [3.05, 3.63) is 12.7 Å². The molecule has 1 saturated carbocycles. The zero-order chi connectivity index (χ0) is 15.9. The number of unbranched alkanes of at least 4 members (excludes halogenated alkanes) is 1. The van der Waals surface area contributed by atoms with E-state index in [0.29, 0.717) is 12.6 Å². The van der Waals surface area contributed by atoms with Gasteiger partial charge in [-0.2, -0.15) is 0 Å². The molecule has 0 radical (unpaired) electrons. The van der Waals surface area contributed by atoms with Gasteiger partial charge in [0.05, 0.1) is 6.42 Å². The number of carboxylic acids is 1. The van der Waals surface area contributed by atoms with E-state index in [4.69, 9.17) is 0 Å². The maximum Gasteiger partial charge on any atom is 0.305 e. The summed E-state index contributed by atoms with van der Waals surface area (Å²) < 4.78 is 0. The number of hydrogen-bond acceptors (Lipinski definition) is 3. The summed E-state index contributed by atoms with van der Waals surface area (Å²) in [5, 5.41) is 9.19. The lowest BCUT2D eigenvalue weighted by atomic mass is 9.91. The van der Waals surface area contributed by atoms with Gasteiger partial charge in [0.2, 0.25) is 5.91 Å². The first-order valence-corrected chi connectivity index (χ1v) is 8.50. The quantitative estimate of drug-likeness (QED) is 0.579. The van der Waals surface area contributed by atoms with Gasteiger partial charge < -0.3 is 10.0 Å². The van der Waals surface area contributed by atoms with Gasteiger partial charge in [0, 0.05) is 25.7 Å². The monoisotopic (exact) mass is 308 g/mol. The van der Waals surface area contributed by atoms with Crippen LogP contribution in [0.15, 0.2) is 12.7 Å². The van der Waals surface area contributed by atoms with Crippen LogP contribution in [0.2, 0.25) is 0 Å². The highest BCUT2D eigenvalue weighted by Crippen LogP contribution is 2.27. The van der Waals surface area contributed by atoms with Crippen LogP contribution in [0.4, 0.5) is 0 Å². The molecule has 0 aromatic rings. The molecule has 1 heterocycles. The van der Waals surface area contributed by atoms with Crippen LogP contribution in [0.5, 0.6) is 0 Å². The van der Waals surface area contributed by atoms with Crippen molar-refractivity contribution in [2.24, 2.45) is 0 Å². The molecule has 1 N–H and O–H groups in total. The molecule has 2 fully saturated rings. The van der Waals surface area contributed by atoms with Gasteiger partial charge in [-0.3, -0.25) is 14.5 Å². The lowest BCUT2D eigenvalue weighted by molar-refractivity contribution is -0.151. The van der Waals surface area contributed by atoms with Crippen LogP contribution in [0.1, 0.15) is 51.4 Å². The average Bonchev–Trinajstić information content (AvgIpc) is 2.51. The van der Waals surface area contributed by atoms with Crippen LogP contribution in [0, 0.1) is 0 Å². The summed E-state index contributed by atoms with van der Waals surface area (Å²) in [7, 11) is 0. The number of amides is 1. The fraction of sp³-hybridized carbons (Fsp3) is 0.765. The molecule has 0 aromatic heterocycles. The molecule has 1 saturated heterocycles. The summed E-state index contributed by atoms with van der Waals surface area (Å²) >= 11 is 0. The van der Waals surface area contributed by atoms with E-state index in [0.717, 1.165) is 38.8 Å². The molecule has 1 atom stereocenters. The number of aliphatic carboxylic acids is 1. The number of carboxylic acid groups (broad SMARTS) is 1. The van der Waals surface area contributed by atoms with E-state index < -0.39 is 12.0 Å². The maximum absolute atomic E-state index is 12.7. The third-order valence-electron chi connectivity index (χ3n) is 4.87. The molecule has 124 valence electrons. The molecule has 0 spiro atoms. The lowest BCUT2D eigenvalue weighted by Crippen LogP contribution is -2.60. The van der Waals surface area contributed by atoms with Crippen LogP contribution in [0.3, 0.4) is 0 Å². The third-order valence-corrected chi connectivity index (χ3v) is 4.87. The van der Waals surface area contributed by atoms with E-state index in [1.54, 1.807) is 0 Å². The molecule has 1 aliphatic carbocycles. The van der Waals surface area contributed by atoms with Gasteiger partial charge in [0.15, 0.2) is 0 Å². The Labute approximate surface area is 133 Å². The second-order valence-electron chi connectivity index (χ2n) is 6.40. The minimum absolute atomic E-state index is 0.00304. The predicted octanol–water partition coefficient (Wildman–Crippen LogP) is 2.27. The van der Waals surface area contributed by atoms with E-state index in [-0.39, 0.29) is 12.3 Å². The van der Waals surface area contributed by atoms with Gasteiger partial charge in [-0.1, -0.05) is 25.3 Å². The van der Waals surface area contributed by atoms with Gasteiger partial charge in [0.1, 0.15) is 6.04 Å². The van der Waals surface area contributed by atoms with Crippen LogP contribution in [-0.4, -0.2) is 58.5 Å². The number of rotatable bonds is 7. The lowest BCUT2D eigenvalue weighted by Gasteiger charge is -2.45. The van der Waals surface area contributed by atoms with E-state index in [2.05, 4.69) is 11.5 Å². The third kappa shape index (κ3) is 4.32. The Kier molecular flexibility index (Phi) is 6.43. The van der Waals surface area contributed by atoms with E-state index >= 15 is 0 Å². The van der Waals surface area contributed by atoms with Gasteiger partial charge >= 0.3 is 5.97 Å². The number of hydrogen-bond donors (Lipinski definition) is 1. The van der Waals surface area contributed by atoms with Crippen molar-refractivity contribution in [2.45, 2.75) is 63.5 Å². The first kappa shape index (κ1) is 17.0. The molecule has 1 amide bonds. The minimum Gasteiger partial charge on any atom is -0.481 e. The highest BCUT2D eigenvalue weighted by molar-refractivity contribution is 5.86. The van der Waals surface area contributed by atoms with Crippen molar-refractivity contribution >= 4 is 11.9 Å². The van der Waals surface area contributed by atoms with Crippen molar-refractivity contribution < 1.29 is 14.7 Å². The number of carbonyl (C=O) groups excluding carboxylic acids is 1. The predicted molar refractivity (Wildman–Crippen MR) is 85.6 cm³/mol. The van der Waals surface area contributed by atoms with Crippen LogP contribution < -0.4 is 0 Å². The summed E-state index contributed by atoms with van der Waals surface area (Å²) in [6, 6.07) is -0.0875. The Morgan fingerprint density at radius 1 is 1.27 bits per heavy atom. The average molecular weight is 308 g/mol. The van der Waals surface area contributed by atoms with Gasteiger partial charge in [-0.15, -0.1) is 6.58 Å². The Morgan fingerprint density at radius 2 is 2.00 bits per heavy atom. The first-order valence-electron chi connectivity index (χ1n) is 8.50. The molecule has 0 bridgehead atoms. The fourth-order valence-corrected chi connectivity index (χ4v) is 3.72. The molecular formula is C17H28N2O3. The summed E-state index contributed by atoms with van der Waals surface area (Å²) in [5.41, 5.74) is 0. The number of nitrogens with zero attached hydrogens (tertiary/aromatic N) is 2. The highest BCUT2D eigenvalue weighted by Gasteiger charge is 2.39. The molecular weight excluding hydrogens is 280 g/mol. The Bertz CT molecular complexity index is 405. The zero-order valence-corrected chi connectivity index (χ0v) is 13.4. The second kappa shape index (κ2) is 8.32.